The van der Waals surface area contributed by atoms with E-state index in [9.17, 15) is 9.00 Å². The fourth-order valence-electron chi connectivity index (χ4n) is 2.37. The van der Waals surface area contributed by atoms with Gasteiger partial charge in [0.15, 0.2) is 11.1 Å². The first-order valence-corrected chi connectivity index (χ1v) is 9.53. The second kappa shape index (κ2) is 15.2. The highest BCUT2D eigenvalue weighted by atomic mass is 32.2. The summed E-state index contributed by atoms with van der Waals surface area (Å²) in [6.45, 7) is 2.25. The summed E-state index contributed by atoms with van der Waals surface area (Å²) in [7, 11) is 0. The molecule has 0 saturated heterocycles. The average Bonchev–Trinajstić information content (AvgIpc) is 2.39. The Morgan fingerprint density at radius 1 is 0.800 bits per heavy atom. The van der Waals surface area contributed by atoms with E-state index < -0.39 is 11.1 Å². The molecule has 120 valence electrons. The molecule has 20 heavy (non-hydrogen) atoms. The van der Waals surface area contributed by atoms with Gasteiger partial charge in [0, 0.05) is 6.42 Å². The van der Waals surface area contributed by atoms with E-state index in [0.717, 1.165) is 12.8 Å². The zero-order valence-corrected chi connectivity index (χ0v) is 13.9. The molecule has 0 saturated carbocycles. The summed E-state index contributed by atoms with van der Waals surface area (Å²) in [6.07, 6.45) is 15.7. The molecule has 0 aliphatic heterocycles. The van der Waals surface area contributed by atoms with Crippen LogP contribution in [0.25, 0.3) is 0 Å². The molecule has 0 aromatic carbocycles. The summed E-state index contributed by atoms with van der Waals surface area (Å²) < 4.78 is 19.0. The van der Waals surface area contributed by atoms with Crippen molar-refractivity contribution in [2.75, 3.05) is 5.75 Å². The van der Waals surface area contributed by atoms with Crippen molar-refractivity contribution in [2.24, 2.45) is 0 Å². The first-order chi connectivity index (χ1) is 9.66. The van der Waals surface area contributed by atoms with Gasteiger partial charge in [-0.1, -0.05) is 77.6 Å². The third-order valence-electron chi connectivity index (χ3n) is 3.59. The molecule has 0 spiro atoms. The highest BCUT2D eigenvalue weighted by Crippen LogP contribution is 2.12. The molecular formula is C16H32O3S. The van der Waals surface area contributed by atoms with Crippen LogP contribution < -0.4 is 0 Å². The van der Waals surface area contributed by atoms with Crippen LogP contribution in [0.5, 0.6) is 0 Å². The number of hydrogen-bond acceptors (Lipinski definition) is 2. The zero-order chi connectivity index (χ0) is 15.1. The number of unbranched alkanes of at least 4 members (excludes halogenated alkanes) is 11. The van der Waals surface area contributed by atoms with Gasteiger partial charge in [0.2, 0.25) is 0 Å². The first-order valence-electron chi connectivity index (χ1n) is 8.26. The van der Waals surface area contributed by atoms with E-state index in [1.165, 1.54) is 64.2 Å². The normalized spacial score (nSPS) is 12.5. The van der Waals surface area contributed by atoms with E-state index >= 15 is 0 Å². The van der Waals surface area contributed by atoms with Crippen molar-refractivity contribution < 1.29 is 13.6 Å². The summed E-state index contributed by atoms with van der Waals surface area (Å²) in [5.41, 5.74) is 0. The number of carbonyl (C=O) groups is 1. The van der Waals surface area contributed by atoms with Crippen LogP contribution in [0.15, 0.2) is 0 Å². The second-order valence-corrected chi connectivity index (χ2v) is 6.58. The minimum atomic E-state index is -1.96. The Balaban J connectivity index is 3.09. The Hall–Kier alpha value is -0.220. The monoisotopic (exact) mass is 304 g/mol. The molecule has 3 nitrogen and oxygen atoms in total. The van der Waals surface area contributed by atoms with Gasteiger partial charge >= 0.3 is 0 Å². The SMILES string of the molecule is CCCCCCCCCCCCCCC(=O)CS(=O)O. The minimum Gasteiger partial charge on any atom is -0.306 e. The van der Waals surface area contributed by atoms with Gasteiger partial charge in [0.1, 0.15) is 11.5 Å². The van der Waals surface area contributed by atoms with Crippen molar-refractivity contribution in [1.29, 1.82) is 0 Å². The Kier molecular flexibility index (Phi) is 15.0. The number of carbonyl (C=O) groups excluding carboxylic acids is 1. The lowest BCUT2D eigenvalue weighted by molar-refractivity contribution is -0.116. The molecule has 0 bridgehead atoms. The molecule has 0 heterocycles. The fourth-order valence-corrected chi connectivity index (χ4v) is 2.79. The maximum absolute atomic E-state index is 11.2. The highest BCUT2D eigenvalue weighted by Gasteiger charge is 2.04. The van der Waals surface area contributed by atoms with E-state index in [-0.39, 0.29) is 11.5 Å². The van der Waals surface area contributed by atoms with Crippen LogP contribution in [0.1, 0.15) is 90.4 Å². The molecule has 0 aromatic heterocycles. The van der Waals surface area contributed by atoms with Crippen molar-refractivity contribution >= 4 is 16.9 Å². The van der Waals surface area contributed by atoms with Crippen LogP contribution in [0, 0.1) is 0 Å². The van der Waals surface area contributed by atoms with Crippen LogP contribution in [-0.4, -0.2) is 20.3 Å². The Bertz CT molecular complexity index is 254. The quantitative estimate of drug-likeness (QED) is 0.347. The second-order valence-electron chi connectivity index (χ2n) is 5.64. The van der Waals surface area contributed by atoms with Crippen LogP contribution in [0.3, 0.4) is 0 Å². The molecule has 0 rings (SSSR count). The number of ketones is 1. The van der Waals surface area contributed by atoms with Crippen molar-refractivity contribution in [1.82, 2.24) is 0 Å². The van der Waals surface area contributed by atoms with Gasteiger partial charge in [0.05, 0.1) is 0 Å². The lowest BCUT2D eigenvalue weighted by atomic mass is 10.0. The molecule has 0 radical (unpaired) electrons. The number of Topliss-reactive ketones (excluding diaryl/α,β-unsaturated/α-hetero) is 1. The van der Waals surface area contributed by atoms with Crippen LogP contribution >= 0.6 is 0 Å². The van der Waals surface area contributed by atoms with Gasteiger partial charge in [-0.15, -0.1) is 0 Å². The van der Waals surface area contributed by atoms with Crippen LogP contribution in [0.4, 0.5) is 0 Å². The molecule has 0 amide bonds. The zero-order valence-electron chi connectivity index (χ0n) is 13.1. The molecule has 0 aromatic rings. The summed E-state index contributed by atoms with van der Waals surface area (Å²) >= 11 is -1.96. The third-order valence-corrected chi connectivity index (χ3v) is 4.16. The van der Waals surface area contributed by atoms with Gasteiger partial charge in [-0.3, -0.25) is 4.79 Å². The average molecular weight is 304 g/mol. The molecule has 0 aliphatic carbocycles. The maximum atomic E-state index is 11.2. The van der Waals surface area contributed by atoms with E-state index in [4.69, 9.17) is 4.55 Å². The topological polar surface area (TPSA) is 54.4 Å². The van der Waals surface area contributed by atoms with Crippen LogP contribution in [-0.2, 0) is 15.9 Å². The lowest BCUT2D eigenvalue weighted by Gasteiger charge is -2.02. The van der Waals surface area contributed by atoms with E-state index in [1.54, 1.807) is 0 Å². The Labute approximate surface area is 127 Å². The molecule has 1 N–H and O–H groups in total. The number of hydrogen-bond donors (Lipinski definition) is 1. The third kappa shape index (κ3) is 15.8. The summed E-state index contributed by atoms with van der Waals surface area (Å²) in [6, 6.07) is 0. The van der Waals surface area contributed by atoms with Gasteiger partial charge < -0.3 is 4.55 Å². The van der Waals surface area contributed by atoms with E-state index in [1.807, 2.05) is 0 Å². The van der Waals surface area contributed by atoms with E-state index in [0.29, 0.717) is 6.42 Å². The fraction of sp³-hybridized carbons (Fsp3) is 0.938. The molecule has 1 unspecified atom stereocenters. The summed E-state index contributed by atoms with van der Waals surface area (Å²) in [5, 5.41) is 0. The molecule has 1 atom stereocenters. The summed E-state index contributed by atoms with van der Waals surface area (Å²) in [5.74, 6) is -0.282. The minimum absolute atomic E-state index is 0.0853. The van der Waals surface area contributed by atoms with Crippen LogP contribution in [0.2, 0.25) is 0 Å². The predicted octanol–water partition coefficient (Wildman–Crippen LogP) is 4.87. The predicted molar refractivity (Wildman–Crippen MR) is 86.3 cm³/mol. The van der Waals surface area contributed by atoms with Crippen molar-refractivity contribution in [3.63, 3.8) is 0 Å². The molecular weight excluding hydrogens is 272 g/mol. The number of rotatable bonds is 15. The first kappa shape index (κ1) is 19.8. The van der Waals surface area contributed by atoms with E-state index in [2.05, 4.69) is 6.92 Å². The van der Waals surface area contributed by atoms with Gasteiger partial charge in [0.25, 0.3) is 0 Å². The largest absolute Gasteiger partial charge is 0.306 e. The van der Waals surface area contributed by atoms with Crippen molar-refractivity contribution in [2.45, 2.75) is 90.4 Å². The smallest absolute Gasteiger partial charge is 0.160 e. The Morgan fingerprint density at radius 2 is 1.20 bits per heavy atom. The van der Waals surface area contributed by atoms with Crippen molar-refractivity contribution in [3.8, 4) is 0 Å². The summed E-state index contributed by atoms with van der Waals surface area (Å²) in [4.78, 5) is 11.2. The lowest BCUT2D eigenvalue weighted by Crippen LogP contribution is -2.09. The van der Waals surface area contributed by atoms with Crippen molar-refractivity contribution in [3.05, 3.63) is 0 Å². The highest BCUT2D eigenvalue weighted by molar-refractivity contribution is 7.80. The van der Waals surface area contributed by atoms with Gasteiger partial charge in [-0.2, -0.15) is 0 Å². The maximum Gasteiger partial charge on any atom is 0.160 e. The molecule has 0 aliphatic rings. The Morgan fingerprint density at radius 3 is 1.60 bits per heavy atom. The van der Waals surface area contributed by atoms with Gasteiger partial charge in [-0.05, 0) is 6.42 Å². The molecule has 4 heteroatoms. The standard InChI is InChI=1S/C16H32O3S/c1-2-3-4-5-6-7-8-9-10-11-12-13-14-16(17)15-20(18)19/h2-15H2,1H3,(H,18,19). The van der Waals surface area contributed by atoms with Gasteiger partial charge in [-0.25, -0.2) is 4.21 Å². The molecule has 0 fully saturated rings.